The first kappa shape index (κ1) is 25.1. The van der Waals surface area contributed by atoms with Crippen LogP contribution >= 0.6 is 11.6 Å². The number of fused-ring (bicyclic) bond motifs is 1. The molecule has 0 aliphatic rings. The Kier molecular flexibility index (Phi) is 7.15. The van der Waals surface area contributed by atoms with Crippen LogP contribution < -0.4 is 20.2 Å². The minimum atomic E-state index is -1.00. The number of nitrogens with one attached hydrogen (secondary N) is 1. The molecule has 1 atom stereocenters. The van der Waals surface area contributed by atoms with E-state index in [-0.39, 0.29) is 16.9 Å². The Bertz CT molecular complexity index is 1650. The summed E-state index contributed by atoms with van der Waals surface area (Å²) in [5, 5.41) is 3.53. The molecule has 1 heterocycles. The molecule has 0 aliphatic carbocycles. The second kappa shape index (κ2) is 10.8. The highest BCUT2D eigenvalue weighted by molar-refractivity contribution is 6.32. The Balaban J connectivity index is 1.39. The van der Waals surface area contributed by atoms with Crippen molar-refractivity contribution in [3.8, 4) is 28.6 Å². The van der Waals surface area contributed by atoms with Crippen molar-refractivity contribution in [3.05, 3.63) is 118 Å². The highest BCUT2D eigenvalue weighted by Gasteiger charge is 2.23. The molecule has 190 valence electrons. The van der Waals surface area contributed by atoms with E-state index < -0.39 is 17.4 Å². The molecular weight excluding hydrogens is 502 g/mol. The van der Waals surface area contributed by atoms with E-state index in [1.165, 1.54) is 0 Å². The number of hydrogen-bond acceptors (Lipinski definition) is 5. The quantitative estimate of drug-likeness (QED) is 0.236. The van der Waals surface area contributed by atoms with Crippen LogP contribution in [-0.2, 0) is 4.79 Å². The number of rotatable bonds is 7. The maximum atomic E-state index is 13.5. The summed E-state index contributed by atoms with van der Waals surface area (Å²) in [5.41, 5.74) is 1.97. The van der Waals surface area contributed by atoms with Gasteiger partial charge in [-0.2, -0.15) is 0 Å². The first-order valence-electron chi connectivity index (χ1n) is 12.0. The molecule has 1 amide bonds. The molecule has 38 heavy (non-hydrogen) atoms. The molecule has 0 saturated carbocycles. The largest absolute Gasteiger partial charge is 0.473 e. The number of halogens is 1. The molecule has 0 bridgehead atoms. The summed E-state index contributed by atoms with van der Waals surface area (Å²) >= 11 is 6.28. The lowest BCUT2D eigenvalue weighted by Gasteiger charge is -2.17. The van der Waals surface area contributed by atoms with Crippen LogP contribution in [0, 0.1) is 6.92 Å². The minimum Gasteiger partial charge on any atom is -0.473 e. The van der Waals surface area contributed by atoms with Crippen LogP contribution in [0.3, 0.4) is 0 Å². The second-order valence-electron chi connectivity index (χ2n) is 8.74. The summed E-state index contributed by atoms with van der Waals surface area (Å²) in [5.74, 6) is 1.10. The molecule has 4 aromatic carbocycles. The number of hydrogen-bond donors (Lipinski definition) is 1. The number of para-hydroxylation sites is 1. The van der Waals surface area contributed by atoms with Crippen molar-refractivity contribution in [2.45, 2.75) is 20.0 Å². The number of carbonyl (C=O) groups excluding carboxylic acids is 1. The molecule has 0 radical (unpaired) electrons. The molecule has 1 N–H and O–H groups in total. The molecule has 7 heteroatoms. The van der Waals surface area contributed by atoms with Gasteiger partial charge in [-0.1, -0.05) is 60.1 Å². The number of ether oxygens (including phenoxy) is 2. The standard InChI is InChI=1S/C31H24ClNO5/c1-19-17-27-25(18-26(19)32)28(34)30(29(38-27)21-9-5-3-6-10-21)36-20(2)31(35)33-22-13-15-24(16-14-22)37-23-11-7-4-8-12-23/h3-18,20H,1-2H3,(H,33,35). The first-order valence-corrected chi connectivity index (χ1v) is 12.4. The van der Waals surface area contributed by atoms with Crippen LogP contribution in [-0.4, -0.2) is 12.0 Å². The SMILES string of the molecule is Cc1cc2oc(-c3ccccc3)c(OC(C)C(=O)Nc3ccc(Oc4ccccc4)cc3)c(=O)c2cc1Cl. The summed E-state index contributed by atoms with van der Waals surface area (Å²) in [4.78, 5) is 26.5. The summed E-state index contributed by atoms with van der Waals surface area (Å²) in [7, 11) is 0. The minimum absolute atomic E-state index is 0.0575. The Morgan fingerprint density at radius 2 is 1.53 bits per heavy atom. The summed E-state index contributed by atoms with van der Waals surface area (Å²) < 4.78 is 17.9. The van der Waals surface area contributed by atoms with Gasteiger partial charge in [0.25, 0.3) is 5.91 Å². The number of anilines is 1. The predicted molar refractivity (Wildman–Crippen MR) is 149 cm³/mol. The van der Waals surface area contributed by atoms with E-state index in [0.717, 1.165) is 5.56 Å². The average molecular weight is 526 g/mol. The van der Waals surface area contributed by atoms with Crippen molar-refractivity contribution < 1.29 is 18.7 Å². The van der Waals surface area contributed by atoms with Gasteiger partial charge in [-0.3, -0.25) is 9.59 Å². The molecule has 0 saturated heterocycles. The Morgan fingerprint density at radius 3 is 2.21 bits per heavy atom. The van der Waals surface area contributed by atoms with E-state index in [1.54, 1.807) is 43.3 Å². The van der Waals surface area contributed by atoms with Crippen LogP contribution in [0.25, 0.3) is 22.3 Å². The summed E-state index contributed by atoms with van der Waals surface area (Å²) in [6.45, 7) is 3.41. The smallest absolute Gasteiger partial charge is 0.265 e. The zero-order chi connectivity index (χ0) is 26.6. The second-order valence-corrected chi connectivity index (χ2v) is 9.15. The molecule has 1 aromatic heterocycles. The van der Waals surface area contributed by atoms with Gasteiger partial charge in [0.1, 0.15) is 17.1 Å². The molecule has 0 fully saturated rings. The third-order valence-corrected chi connectivity index (χ3v) is 6.34. The van der Waals surface area contributed by atoms with Gasteiger partial charge in [0, 0.05) is 16.3 Å². The molecule has 5 aromatic rings. The normalized spacial score (nSPS) is 11.7. The summed E-state index contributed by atoms with van der Waals surface area (Å²) in [6, 6.07) is 28.8. The third kappa shape index (κ3) is 5.41. The fraction of sp³-hybridized carbons (Fsp3) is 0.0968. The van der Waals surface area contributed by atoms with Crippen LogP contribution in [0.1, 0.15) is 12.5 Å². The van der Waals surface area contributed by atoms with Crippen molar-refractivity contribution >= 4 is 34.2 Å². The number of benzene rings is 4. The van der Waals surface area contributed by atoms with E-state index >= 15 is 0 Å². The van der Waals surface area contributed by atoms with Gasteiger partial charge in [-0.15, -0.1) is 0 Å². The lowest BCUT2D eigenvalue weighted by molar-refractivity contribution is -0.122. The van der Waals surface area contributed by atoms with E-state index in [1.807, 2.05) is 67.6 Å². The first-order chi connectivity index (χ1) is 18.4. The fourth-order valence-corrected chi connectivity index (χ4v) is 4.05. The van der Waals surface area contributed by atoms with E-state index in [9.17, 15) is 9.59 Å². The van der Waals surface area contributed by atoms with E-state index in [4.69, 9.17) is 25.5 Å². The topological polar surface area (TPSA) is 77.8 Å². The highest BCUT2D eigenvalue weighted by atomic mass is 35.5. The van der Waals surface area contributed by atoms with Crippen LogP contribution in [0.2, 0.25) is 5.02 Å². The van der Waals surface area contributed by atoms with E-state index in [2.05, 4.69) is 5.32 Å². The van der Waals surface area contributed by atoms with Crippen LogP contribution in [0.15, 0.2) is 106 Å². The lowest BCUT2D eigenvalue weighted by Crippen LogP contribution is -2.31. The highest BCUT2D eigenvalue weighted by Crippen LogP contribution is 2.33. The molecular formula is C31H24ClNO5. The van der Waals surface area contributed by atoms with Gasteiger partial charge in [-0.05, 0) is 67.9 Å². The number of carbonyl (C=O) groups is 1. The van der Waals surface area contributed by atoms with Crippen molar-refractivity contribution in [2.75, 3.05) is 5.32 Å². The van der Waals surface area contributed by atoms with Crippen molar-refractivity contribution in [2.24, 2.45) is 0 Å². The van der Waals surface area contributed by atoms with Crippen LogP contribution in [0.5, 0.6) is 17.2 Å². The van der Waals surface area contributed by atoms with Gasteiger partial charge in [-0.25, -0.2) is 0 Å². The van der Waals surface area contributed by atoms with E-state index in [0.29, 0.717) is 33.4 Å². The van der Waals surface area contributed by atoms with Gasteiger partial charge in [0.15, 0.2) is 11.9 Å². The Hall–Kier alpha value is -4.55. The van der Waals surface area contributed by atoms with Crippen molar-refractivity contribution in [1.29, 1.82) is 0 Å². The van der Waals surface area contributed by atoms with Gasteiger partial charge >= 0.3 is 0 Å². The van der Waals surface area contributed by atoms with Crippen molar-refractivity contribution in [1.82, 2.24) is 0 Å². The molecule has 0 aliphatic heterocycles. The predicted octanol–water partition coefficient (Wildman–Crippen LogP) is 7.62. The lowest BCUT2D eigenvalue weighted by atomic mass is 10.1. The number of amides is 1. The Morgan fingerprint density at radius 1 is 0.895 bits per heavy atom. The van der Waals surface area contributed by atoms with Crippen LogP contribution in [0.4, 0.5) is 5.69 Å². The average Bonchev–Trinajstić information content (AvgIpc) is 2.93. The number of aryl methyl sites for hydroxylation is 1. The summed E-state index contributed by atoms with van der Waals surface area (Å²) in [6.07, 6.45) is -1.00. The maximum absolute atomic E-state index is 13.5. The van der Waals surface area contributed by atoms with Gasteiger partial charge in [0.05, 0.1) is 5.39 Å². The fourth-order valence-electron chi connectivity index (χ4n) is 3.89. The third-order valence-electron chi connectivity index (χ3n) is 5.93. The zero-order valence-electron chi connectivity index (χ0n) is 20.7. The zero-order valence-corrected chi connectivity index (χ0v) is 21.5. The Labute approximate surface area is 224 Å². The van der Waals surface area contributed by atoms with Crippen molar-refractivity contribution in [3.63, 3.8) is 0 Å². The van der Waals surface area contributed by atoms with Gasteiger partial charge in [0.2, 0.25) is 11.2 Å². The maximum Gasteiger partial charge on any atom is 0.265 e. The molecule has 1 unspecified atom stereocenters. The monoisotopic (exact) mass is 525 g/mol. The molecule has 0 spiro atoms. The molecule has 6 nitrogen and oxygen atoms in total. The van der Waals surface area contributed by atoms with Gasteiger partial charge < -0.3 is 19.2 Å². The molecule has 5 rings (SSSR count).